The summed E-state index contributed by atoms with van der Waals surface area (Å²) in [5.74, 6) is 0.247. The maximum absolute atomic E-state index is 12.9. The number of aryl methyl sites for hydroxylation is 1. The Morgan fingerprint density at radius 1 is 1.04 bits per heavy atom. The van der Waals surface area contributed by atoms with Crippen LogP contribution in [-0.4, -0.2) is 32.4 Å². The minimum atomic E-state index is -3.42. The summed E-state index contributed by atoms with van der Waals surface area (Å²) in [5.41, 5.74) is 2.29. The molecule has 0 N–H and O–H groups in total. The molecule has 0 radical (unpaired) electrons. The number of benzene rings is 2. The second-order valence-corrected chi connectivity index (χ2v) is 8.81. The van der Waals surface area contributed by atoms with Gasteiger partial charge >= 0.3 is 0 Å². The Labute approximate surface area is 156 Å². The van der Waals surface area contributed by atoms with Crippen molar-refractivity contribution in [1.82, 2.24) is 4.31 Å². The molecule has 2 aromatic carbocycles. The summed E-state index contributed by atoms with van der Waals surface area (Å²) in [4.78, 5) is 0.389. The average molecular weight is 374 g/mol. The summed E-state index contributed by atoms with van der Waals surface area (Å²) in [6, 6.07) is 17.3. The van der Waals surface area contributed by atoms with Gasteiger partial charge in [0.15, 0.2) is 0 Å². The SMILES string of the molecule is CCc1ccc(S(=O)(=O)N2CCCC(COCc3ccccc3)C2)cc1. The van der Waals surface area contributed by atoms with Crippen molar-refractivity contribution in [2.75, 3.05) is 19.7 Å². The van der Waals surface area contributed by atoms with Crippen LogP contribution >= 0.6 is 0 Å². The molecule has 1 heterocycles. The first-order valence-electron chi connectivity index (χ1n) is 9.30. The van der Waals surface area contributed by atoms with Crippen LogP contribution in [0.3, 0.4) is 0 Å². The monoisotopic (exact) mass is 373 g/mol. The lowest BCUT2D eigenvalue weighted by Crippen LogP contribution is -2.41. The molecule has 3 rings (SSSR count). The highest BCUT2D eigenvalue weighted by Crippen LogP contribution is 2.24. The molecule has 140 valence electrons. The van der Waals surface area contributed by atoms with Gasteiger partial charge in [-0.25, -0.2) is 8.42 Å². The van der Waals surface area contributed by atoms with Crippen molar-refractivity contribution in [3.8, 4) is 0 Å². The Hall–Kier alpha value is -1.69. The van der Waals surface area contributed by atoms with Crippen molar-refractivity contribution in [3.05, 3.63) is 65.7 Å². The summed E-state index contributed by atoms with van der Waals surface area (Å²) >= 11 is 0. The lowest BCUT2D eigenvalue weighted by molar-refractivity contribution is 0.0672. The van der Waals surface area contributed by atoms with Gasteiger partial charge in [0.2, 0.25) is 10.0 Å². The van der Waals surface area contributed by atoms with E-state index in [9.17, 15) is 8.42 Å². The van der Waals surface area contributed by atoms with Crippen LogP contribution in [-0.2, 0) is 27.8 Å². The maximum Gasteiger partial charge on any atom is 0.243 e. The highest BCUT2D eigenvalue weighted by atomic mass is 32.2. The van der Waals surface area contributed by atoms with Crippen LogP contribution in [0.4, 0.5) is 0 Å². The van der Waals surface area contributed by atoms with E-state index in [2.05, 4.69) is 6.92 Å². The molecule has 1 atom stereocenters. The molecule has 5 heteroatoms. The standard InChI is InChI=1S/C21H27NO3S/c1-2-18-10-12-21(13-11-18)26(23,24)22-14-6-9-20(15-22)17-25-16-19-7-4-3-5-8-19/h3-5,7-8,10-13,20H,2,6,9,14-17H2,1H3. The lowest BCUT2D eigenvalue weighted by atomic mass is 10.0. The van der Waals surface area contributed by atoms with E-state index in [1.165, 1.54) is 0 Å². The fourth-order valence-electron chi connectivity index (χ4n) is 3.35. The van der Waals surface area contributed by atoms with E-state index in [4.69, 9.17) is 4.74 Å². The minimum absolute atomic E-state index is 0.247. The second-order valence-electron chi connectivity index (χ2n) is 6.87. The zero-order valence-corrected chi connectivity index (χ0v) is 16.1. The van der Waals surface area contributed by atoms with Crippen molar-refractivity contribution >= 4 is 10.0 Å². The second kappa shape index (κ2) is 8.80. The molecule has 0 aliphatic carbocycles. The summed E-state index contributed by atoms with van der Waals surface area (Å²) in [5, 5.41) is 0. The minimum Gasteiger partial charge on any atom is -0.376 e. The largest absolute Gasteiger partial charge is 0.376 e. The molecule has 0 amide bonds. The summed E-state index contributed by atoms with van der Waals surface area (Å²) in [7, 11) is -3.42. The van der Waals surface area contributed by atoms with E-state index in [0.29, 0.717) is 31.2 Å². The molecule has 0 spiro atoms. The smallest absolute Gasteiger partial charge is 0.243 e. The van der Waals surface area contributed by atoms with E-state index >= 15 is 0 Å². The molecule has 1 unspecified atom stereocenters. The number of piperidine rings is 1. The zero-order chi connectivity index (χ0) is 18.4. The molecular formula is C21H27NO3S. The van der Waals surface area contributed by atoms with Crippen molar-refractivity contribution in [1.29, 1.82) is 0 Å². The van der Waals surface area contributed by atoms with Gasteiger partial charge in [-0.15, -0.1) is 0 Å². The van der Waals surface area contributed by atoms with Crippen molar-refractivity contribution in [2.24, 2.45) is 5.92 Å². The van der Waals surface area contributed by atoms with Crippen LogP contribution in [0.5, 0.6) is 0 Å². The Morgan fingerprint density at radius 2 is 1.77 bits per heavy atom. The van der Waals surface area contributed by atoms with E-state index in [0.717, 1.165) is 30.4 Å². The van der Waals surface area contributed by atoms with Gasteiger partial charge in [0.05, 0.1) is 18.1 Å². The third-order valence-electron chi connectivity index (χ3n) is 4.92. The molecule has 4 nitrogen and oxygen atoms in total. The molecule has 1 saturated heterocycles. The van der Waals surface area contributed by atoms with Gasteiger partial charge in [0.25, 0.3) is 0 Å². The van der Waals surface area contributed by atoms with Crippen molar-refractivity contribution in [3.63, 3.8) is 0 Å². The molecular weight excluding hydrogens is 346 g/mol. The summed E-state index contributed by atoms with van der Waals surface area (Å²) < 4.78 is 33.3. The molecule has 26 heavy (non-hydrogen) atoms. The van der Waals surface area contributed by atoms with Gasteiger partial charge in [-0.1, -0.05) is 49.4 Å². The number of ether oxygens (including phenoxy) is 1. The highest BCUT2D eigenvalue weighted by Gasteiger charge is 2.30. The first-order valence-corrected chi connectivity index (χ1v) is 10.7. The molecule has 0 bridgehead atoms. The summed E-state index contributed by atoms with van der Waals surface area (Å²) in [6.45, 7) is 4.35. The van der Waals surface area contributed by atoms with Crippen LogP contribution in [0.25, 0.3) is 0 Å². The van der Waals surface area contributed by atoms with Crippen LogP contribution in [0.1, 0.15) is 30.9 Å². The fraction of sp³-hybridized carbons (Fsp3) is 0.429. The van der Waals surface area contributed by atoms with Gasteiger partial charge in [-0.3, -0.25) is 0 Å². The number of rotatable bonds is 7. The topological polar surface area (TPSA) is 46.6 Å². The normalized spacial score (nSPS) is 18.7. The van der Waals surface area contributed by atoms with Crippen LogP contribution in [0.2, 0.25) is 0 Å². The summed E-state index contributed by atoms with van der Waals surface area (Å²) in [6.07, 6.45) is 2.80. The molecule has 1 aliphatic rings. The fourth-order valence-corrected chi connectivity index (χ4v) is 4.90. The van der Waals surface area contributed by atoms with Gasteiger partial charge in [-0.05, 0) is 48.4 Å². The number of hydrogen-bond acceptors (Lipinski definition) is 3. The van der Waals surface area contributed by atoms with Crippen LogP contribution < -0.4 is 0 Å². The van der Waals surface area contributed by atoms with Crippen molar-refractivity contribution < 1.29 is 13.2 Å². The van der Waals surface area contributed by atoms with Crippen LogP contribution in [0, 0.1) is 5.92 Å². The Morgan fingerprint density at radius 3 is 2.46 bits per heavy atom. The highest BCUT2D eigenvalue weighted by molar-refractivity contribution is 7.89. The predicted molar refractivity (Wildman–Crippen MR) is 103 cm³/mol. The van der Waals surface area contributed by atoms with Crippen molar-refractivity contribution in [2.45, 2.75) is 37.7 Å². The maximum atomic E-state index is 12.9. The molecule has 2 aromatic rings. The number of hydrogen-bond donors (Lipinski definition) is 0. The lowest BCUT2D eigenvalue weighted by Gasteiger charge is -2.31. The third kappa shape index (κ3) is 4.72. The first kappa shape index (κ1) is 19.1. The Bertz CT molecular complexity index is 788. The Kier molecular flexibility index (Phi) is 6.46. The molecule has 0 saturated carbocycles. The zero-order valence-electron chi connectivity index (χ0n) is 15.3. The third-order valence-corrected chi connectivity index (χ3v) is 6.80. The Balaban J connectivity index is 1.58. The van der Waals surface area contributed by atoms with E-state index in [1.54, 1.807) is 16.4 Å². The molecule has 1 fully saturated rings. The number of sulfonamides is 1. The van der Waals surface area contributed by atoms with Gasteiger partial charge in [-0.2, -0.15) is 4.31 Å². The number of nitrogens with zero attached hydrogens (tertiary/aromatic N) is 1. The van der Waals surface area contributed by atoms with Gasteiger partial charge in [0, 0.05) is 13.1 Å². The first-order chi connectivity index (χ1) is 12.6. The molecule has 0 aromatic heterocycles. The van der Waals surface area contributed by atoms with E-state index in [1.807, 2.05) is 42.5 Å². The molecule has 1 aliphatic heterocycles. The van der Waals surface area contributed by atoms with Gasteiger partial charge in [0.1, 0.15) is 0 Å². The predicted octanol–water partition coefficient (Wildman–Crippen LogP) is 3.87. The van der Waals surface area contributed by atoms with Crippen LogP contribution in [0.15, 0.2) is 59.5 Å². The van der Waals surface area contributed by atoms with Gasteiger partial charge < -0.3 is 4.74 Å². The van der Waals surface area contributed by atoms with E-state index < -0.39 is 10.0 Å². The average Bonchev–Trinajstić information content (AvgIpc) is 2.69. The van der Waals surface area contributed by atoms with E-state index in [-0.39, 0.29) is 5.92 Å². The quantitative estimate of drug-likeness (QED) is 0.740.